The number of hydrogen-bond donors (Lipinski definition) is 1. The highest BCUT2D eigenvalue weighted by Gasteiger charge is 2.25. The molecule has 0 heterocycles. The molecule has 2 N–H and O–H groups in total. The van der Waals surface area contributed by atoms with Crippen molar-refractivity contribution in [2.75, 3.05) is 12.4 Å². The van der Waals surface area contributed by atoms with E-state index in [4.69, 9.17) is 22.6 Å². The Balaban J connectivity index is 3.04. The first kappa shape index (κ1) is 13.3. The van der Waals surface area contributed by atoms with Gasteiger partial charge in [0.1, 0.15) is 6.54 Å². The number of halogens is 1. The SMILES string of the molecule is N#Cc1ccc([N+]([O-])(CCCl)OC(N)=O)cc1. The van der Waals surface area contributed by atoms with Crippen molar-refractivity contribution in [3.8, 4) is 6.07 Å². The first-order valence-electron chi connectivity index (χ1n) is 4.66. The molecule has 1 rings (SSSR count). The summed E-state index contributed by atoms with van der Waals surface area (Å²) in [5.74, 6) is -0.00319. The van der Waals surface area contributed by atoms with E-state index in [1.54, 1.807) is 0 Å². The van der Waals surface area contributed by atoms with Crippen LogP contribution in [-0.4, -0.2) is 18.5 Å². The van der Waals surface area contributed by atoms with Gasteiger partial charge in [-0.25, -0.2) is 9.63 Å². The summed E-state index contributed by atoms with van der Waals surface area (Å²) in [5.41, 5.74) is 5.37. The Bertz CT molecular complexity index is 443. The van der Waals surface area contributed by atoms with Gasteiger partial charge in [-0.1, -0.05) is 0 Å². The van der Waals surface area contributed by atoms with Crippen molar-refractivity contribution in [2.45, 2.75) is 0 Å². The highest BCUT2D eigenvalue weighted by atomic mass is 35.5. The molecule has 7 heteroatoms. The van der Waals surface area contributed by atoms with Crippen LogP contribution in [0.1, 0.15) is 5.56 Å². The summed E-state index contributed by atoms with van der Waals surface area (Å²) in [6, 6.07) is 7.58. The molecule has 1 aromatic rings. The number of quaternary nitrogens is 1. The van der Waals surface area contributed by atoms with Crippen LogP contribution < -0.4 is 10.5 Å². The summed E-state index contributed by atoms with van der Waals surface area (Å²) in [4.78, 5) is 13.8. The molecule has 0 spiro atoms. The molecular weight excluding hydrogens is 246 g/mol. The summed E-state index contributed by atoms with van der Waals surface area (Å²) < 4.78 is 0. The van der Waals surface area contributed by atoms with Crippen molar-refractivity contribution in [2.24, 2.45) is 5.73 Å². The van der Waals surface area contributed by atoms with Crippen molar-refractivity contribution >= 4 is 23.4 Å². The van der Waals surface area contributed by atoms with E-state index >= 15 is 0 Å². The molecular formula is C10H10ClN3O3. The van der Waals surface area contributed by atoms with E-state index in [-0.39, 0.29) is 18.1 Å². The molecule has 1 amide bonds. The normalized spacial score (nSPS) is 13.5. The predicted octanol–water partition coefficient (Wildman–Crippen LogP) is 1.61. The number of primary amides is 1. The van der Waals surface area contributed by atoms with Crippen molar-refractivity contribution in [3.63, 3.8) is 0 Å². The van der Waals surface area contributed by atoms with Gasteiger partial charge in [0.15, 0.2) is 5.69 Å². The summed E-state index contributed by atoms with van der Waals surface area (Å²) in [7, 11) is 0. The van der Waals surface area contributed by atoms with Crippen LogP contribution in [0.4, 0.5) is 10.5 Å². The number of amides is 1. The number of carbonyl (C=O) groups excluding carboxylic acids is 1. The van der Waals surface area contributed by atoms with Gasteiger partial charge in [-0.2, -0.15) is 5.26 Å². The van der Waals surface area contributed by atoms with Gasteiger partial charge in [0.25, 0.3) is 0 Å². The summed E-state index contributed by atoms with van der Waals surface area (Å²) >= 11 is 5.48. The van der Waals surface area contributed by atoms with Crippen molar-refractivity contribution in [1.82, 2.24) is 4.81 Å². The van der Waals surface area contributed by atoms with Crippen LogP contribution in [0.2, 0.25) is 0 Å². The maximum atomic E-state index is 12.2. The van der Waals surface area contributed by atoms with E-state index in [1.807, 2.05) is 6.07 Å². The number of rotatable bonds is 4. The zero-order valence-corrected chi connectivity index (χ0v) is 9.55. The predicted molar refractivity (Wildman–Crippen MR) is 62.6 cm³/mol. The third kappa shape index (κ3) is 3.32. The molecule has 0 saturated carbocycles. The molecule has 1 unspecified atom stereocenters. The fourth-order valence-corrected chi connectivity index (χ4v) is 1.47. The maximum absolute atomic E-state index is 12.2. The minimum absolute atomic E-state index is 0.00319. The van der Waals surface area contributed by atoms with Crippen LogP contribution in [0.15, 0.2) is 24.3 Å². The fourth-order valence-electron chi connectivity index (χ4n) is 1.25. The Morgan fingerprint density at radius 3 is 2.53 bits per heavy atom. The van der Waals surface area contributed by atoms with Gasteiger partial charge in [-0.3, -0.25) is 0 Å². The van der Waals surface area contributed by atoms with Crippen LogP contribution in [0.5, 0.6) is 0 Å². The molecule has 90 valence electrons. The van der Waals surface area contributed by atoms with Gasteiger partial charge in [-0.05, 0) is 12.1 Å². The lowest BCUT2D eigenvalue weighted by molar-refractivity contribution is -0.0396. The van der Waals surface area contributed by atoms with Gasteiger partial charge in [0, 0.05) is 12.1 Å². The quantitative estimate of drug-likeness (QED) is 0.502. The Hall–Kier alpha value is -1.81. The molecule has 1 atom stereocenters. The van der Waals surface area contributed by atoms with E-state index in [0.29, 0.717) is 5.56 Å². The van der Waals surface area contributed by atoms with E-state index in [2.05, 4.69) is 4.84 Å². The monoisotopic (exact) mass is 255 g/mol. The van der Waals surface area contributed by atoms with Gasteiger partial charge in [0.05, 0.1) is 17.5 Å². The summed E-state index contributed by atoms with van der Waals surface area (Å²) in [6.45, 7) is -0.170. The average Bonchev–Trinajstić information content (AvgIpc) is 2.28. The van der Waals surface area contributed by atoms with Crippen LogP contribution in [0.25, 0.3) is 0 Å². The molecule has 0 bridgehead atoms. The largest absolute Gasteiger partial charge is 0.584 e. The smallest absolute Gasteiger partial charge is 0.460 e. The number of benzene rings is 1. The van der Waals surface area contributed by atoms with Crippen molar-refractivity contribution < 1.29 is 9.63 Å². The Morgan fingerprint density at radius 1 is 1.53 bits per heavy atom. The van der Waals surface area contributed by atoms with Crippen LogP contribution in [0.3, 0.4) is 0 Å². The third-order valence-corrected chi connectivity index (χ3v) is 2.18. The number of hydroxylamine groups is 2. The lowest BCUT2D eigenvalue weighted by Crippen LogP contribution is -2.47. The highest BCUT2D eigenvalue weighted by molar-refractivity contribution is 6.18. The number of nitrogens with zero attached hydrogens (tertiary/aromatic N) is 2. The van der Waals surface area contributed by atoms with Crippen LogP contribution in [-0.2, 0) is 4.84 Å². The molecule has 1 aromatic carbocycles. The number of nitriles is 1. The second-order valence-corrected chi connectivity index (χ2v) is 3.53. The fraction of sp³-hybridized carbons (Fsp3) is 0.200. The molecule has 0 aromatic heterocycles. The number of hydrogen-bond acceptors (Lipinski definition) is 4. The van der Waals surface area contributed by atoms with E-state index in [1.165, 1.54) is 24.3 Å². The minimum atomic E-state index is -1.40. The average molecular weight is 256 g/mol. The van der Waals surface area contributed by atoms with Gasteiger partial charge in [-0.15, -0.1) is 16.4 Å². The Morgan fingerprint density at radius 2 is 2.12 bits per heavy atom. The molecule has 0 fully saturated rings. The van der Waals surface area contributed by atoms with E-state index < -0.39 is 10.9 Å². The van der Waals surface area contributed by atoms with E-state index in [9.17, 15) is 10.0 Å². The van der Waals surface area contributed by atoms with Gasteiger partial charge >= 0.3 is 6.09 Å². The molecule has 17 heavy (non-hydrogen) atoms. The summed E-state index contributed by atoms with van der Waals surface area (Å²) in [5, 5.41) is 20.8. The molecule has 0 radical (unpaired) electrons. The van der Waals surface area contributed by atoms with Crippen LogP contribution in [0, 0.1) is 16.5 Å². The highest BCUT2D eigenvalue weighted by Crippen LogP contribution is 2.23. The zero-order valence-electron chi connectivity index (χ0n) is 8.80. The zero-order chi connectivity index (χ0) is 12.9. The second-order valence-electron chi connectivity index (χ2n) is 3.16. The standard InChI is InChI=1S/C10H10ClN3O3/c11-5-6-14(16,17-10(13)15)9-3-1-8(7-12)2-4-9/h1-4H,5-6H2,(H2,13,15). The minimum Gasteiger partial charge on any atom is -0.584 e. The lowest BCUT2D eigenvalue weighted by Gasteiger charge is -2.35. The molecule has 0 aliphatic carbocycles. The topological polar surface area (TPSA) is 99.2 Å². The second kappa shape index (κ2) is 5.50. The van der Waals surface area contributed by atoms with Gasteiger partial charge < -0.3 is 10.9 Å². The first-order chi connectivity index (χ1) is 8.01. The molecule has 6 nitrogen and oxygen atoms in total. The number of alkyl halides is 1. The molecule has 0 aliphatic heterocycles. The first-order valence-corrected chi connectivity index (χ1v) is 5.20. The molecule has 0 saturated heterocycles. The van der Waals surface area contributed by atoms with Crippen LogP contribution >= 0.6 is 11.6 Å². The van der Waals surface area contributed by atoms with Crippen molar-refractivity contribution in [1.29, 1.82) is 5.26 Å². The maximum Gasteiger partial charge on any atom is 0.460 e. The Kier molecular flexibility index (Phi) is 4.29. The molecule has 0 aliphatic rings. The third-order valence-electron chi connectivity index (χ3n) is 2.01. The number of carbonyl (C=O) groups is 1. The Labute approximate surface area is 103 Å². The lowest BCUT2D eigenvalue weighted by atomic mass is 10.2. The van der Waals surface area contributed by atoms with Crippen molar-refractivity contribution in [3.05, 3.63) is 35.0 Å². The summed E-state index contributed by atoms with van der Waals surface area (Å²) in [6.07, 6.45) is -1.19. The van der Waals surface area contributed by atoms with E-state index in [0.717, 1.165) is 0 Å². The van der Waals surface area contributed by atoms with Gasteiger partial charge in [0.2, 0.25) is 0 Å². The number of nitrogens with two attached hydrogens (primary N) is 1.